The van der Waals surface area contributed by atoms with Crippen LogP contribution < -0.4 is 0 Å². The minimum absolute atomic E-state index is 0. The van der Waals surface area contributed by atoms with E-state index in [9.17, 15) is 0 Å². The fourth-order valence-corrected chi connectivity index (χ4v) is 0. The van der Waals surface area contributed by atoms with Gasteiger partial charge in [0.25, 0.3) is 0 Å². The third kappa shape index (κ3) is 8060. The second-order valence-corrected chi connectivity index (χ2v) is 2.08. The van der Waals surface area contributed by atoms with Crippen molar-refractivity contribution in [2.45, 2.75) is 0 Å². The van der Waals surface area contributed by atoms with E-state index in [0.717, 1.165) is 0 Å². The van der Waals surface area contributed by atoms with E-state index in [0.29, 0.717) is 0 Å². The number of hydrogen-bond donors (Lipinski definition) is 18. The third-order valence-corrected chi connectivity index (χ3v) is 0. The van der Waals surface area contributed by atoms with Crippen molar-refractivity contribution in [3.05, 3.63) is 0 Å². The van der Waals surface area contributed by atoms with Crippen LogP contribution in [-0.4, -0.2) is 243 Å². The van der Waals surface area contributed by atoms with Gasteiger partial charge in [-0.25, -0.2) is 0 Å². The summed E-state index contributed by atoms with van der Waals surface area (Å²) in [4.78, 5) is 0. The zero-order chi connectivity index (χ0) is 21.5. The summed E-state index contributed by atoms with van der Waals surface area (Å²) in [5.41, 5.74) is 0. The van der Waals surface area contributed by atoms with Crippen LogP contribution in [0.5, 0.6) is 0 Å². The molecular formula is H34B6Ca2O24. The Hall–Kier alpha value is 1.95. The summed E-state index contributed by atoms with van der Waals surface area (Å²) in [6.45, 7) is 0. The molecule has 32 heavy (non-hydrogen) atoms. The van der Waals surface area contributed by atoms with Gasteiger partial charge in [-0.2, -0.15) is 0 Å². The third-order valence-electron chi connectivity index (χ3n) is 0. The van der Waals surface area contributed by atoms with E-state index in [1.54, 1.807) is 0 Å². The van der Waals surface area contributed by atoms with E-state index < -0.39 is 43.9 Å². The van der Waals surface area contributed by atoms with E-state index in [-0.39, 0.29) is 108 Å². The standard InChI is InChI=1S/6BH3O3.2Ca.6H2O.4H/c6*2-1(3)4;;;;;;;;;;;;/h6*2-4H;;;6*1H2;;;;. The zero-order valence-electron chi connectivity index (χ0n) is 14.5. The Morgan fingerprint density at radius 2 is 0.188 bits per heavy atom. The monoisotopic (exact) mass is 564 g/mol. The van der Waals surface area contributed by atoms with Crippen LogP contribution in [0.15, 0.2) is 0 Å². The van der Waals surface area contributed by atoms with Crippen LogP contribution in [0.25, 0.3) is 0 Å². The van der Waals surface area contributed by atoms with Gasteiger partial charge in [0, 0.05) is 0 Å². The zero-order valence-corrected chi connectivity index (χ0v) is 14.5. The first-order valence-electron chi connectivity index (χ1n) is 4.65. The van der Waals surface area contributed by atoms with Crippen molar-refractivity contribution < 1.29 is 123 Å². The van der Waals surface area contributed by atoms with E-state index >= 15 is 0 Å². The molecule has 0 bridgehead atoms. The normalized spacial score (nSPS) is 5.06. The van der Waals surface area contributed by atoms with Crippen molar-refractivity contribution in [1.29, 1.82) is 0 Å². The summed E-state index contributed by atoms with van der Waals surface area (Å²) in [7, 11) is -13.0. The molecule has 200 valence electrons. The molecule has 30 N–H and O–H groups in total. The first-order valence-corrected chi connectivity index (χ1v) is 4.65. The van der Waals surface area contributed by atoms with E-state index in [1.807, 2.05) is 0 Å². The van der Waals surface area contributed by atoms with Gasteiger partial charge in [0.05, 0.1) is 0 Å². The minimum atomic E-state index is -2.17. The van der Waals surface area contributed by atoms with Crippen LogP contribution in [0, 0.1) is 0 Å². The number of hydrogen-bond acceptors (Lipinski definition) is 18. The first-order chi connectivity index (χ1) is 10.4. The van der Waals surface area contributed by atoms with Crippen molar-refractivity contribution in [3.63, 3.8) is 0 Å². The van der Waals surface area contributed by atoms with Crippen molar-refractivity contribution in [2.75, 3.05) is 0 Å². The molecule has 0 amide bonds. The predicted molar refractivity (Wildman–Crippen MR) is 113 cm³/mol. The molecular weight excluding hydrogens is 529 g/mol. The van der Waals surface area contributed by atoms with Gasteiger partial charge in [-0.15, -0.1) is 0 Å². The van der Waals surface area contributed by atoms with Gasteiger partial charge in [0.2, 0.25) is 0 Å². The molecule has 0 unspecified atom stereocenters. The van der Waals surface area contributed by atoms with Crippen LogP contribution in [0.1, 0.15) is 0 Å². The molecule has 0 aromatic heterocycles. The Bertz CT molecular complexity index is 108. The maximum atomic E-state index is 7.17. The van der Waals surface area contributed by atoms with Gasteiger partial charge in [-0.3, -0.25) is 0 Å². The molecule has 0 aromatic carbocycles. The summed E-state index contributed by atoms with van der Waals surface area (Å²) in [5.74, 6) is 0. The molecule has 0 aromatic rings. The Balaban J connectivity index is -0.00000000964. The molecule has 0 aliphatic rings. The maximum absolute atomic E-state index is 7.17. The van der Waals surface area contributed by atoms with Crippen LogP contribution in [0.4, 0.5) is 0 Å². The van der Waals surface area contributed by atoms with Crippen LogP contribution in [0.3, 0.4) is 0 Å². The molecule has 0 rings (SSSR count). The molecule has 0 fully saturated rings. The average molecular weight is 563 g/mol. The Morgan fingerprint density at radius 3 is 0.188 bits per heavy atom. The fraction of sp³-hybridized carbons (Fsp3) is 0. The molecule has 0 aliphatic carbocycles. The molecule has 0 aliphatic heterocycles. The average Bonchev–Trinajstić information content (AvgIpc) is 2.08. The van der Waals surface area contributed by atoms with Gasteiger partial charge in [0.15, 0.2) is 0 Å². The van der Waals surface area contributed by atoms with Gasteiger partial charge < -0.3 is 123 Å². The van der Waals surface area contributed by atoms with Crippen molar-refractivity contribution >= 4 is 119 Å². The Labute approximate surface area is 240 Å². The van der Waals surface area contributed by atoms with E-state index in [1.165, 1.54) is 0 Å². The molecule has 0 saturated heterocycles. The van der Waals surface area contributed by atoms with Gasteiger partial charge in [0.1, 0.15) is 0 Å². The summed E-state index contributed by atoms with van der Waals surface area (Å²) in [6.07, 6.45) is 0. The van der Waals surface area contributed by atoms with Crippen LogP contribution in [0.2, 0.25) is 0 Å². The number of rotatable bonds is 0. The summed E-state index contributed by atoms with van der Waals surface area (Å²) >= 11 is 0. The van der Waals surface area contributed by atoms with E-state index in [2.05, 4.69) is 0 Å². The molecule has 0 saturated carbocycles. The quantitative estimate of drug-likeness (QED) is 0.122. The van der Waals surface area contributed by atoms with Crippen LogP contribution in [-0.2, 0) is 0 Å². The molecule has 0 heterocycles. The molecule has 32 heteroatoms. The Kier molecular flexibility index (Phi) is 245. The molecule has 24 nitrogen and oxygen atoms in total. The van der Waals surface area contributed by atoms with Crippen molar-refractivity contribution in [2.24, 2.45) is 0 Å². The van der Waals surface area contributed by atoms with Gasteiger partial charge in [-0.1, -0.05) is 0 Å². The van der Waals surface area contributed by atoms with E-state index in [4.69, 9.17) is 90.4 Å². The van der Waals surface area contributed by atoms with Crippen molar-refractivity contribution in [1.82, 2.24) is 0 Å². The summed E-state index contributed by atoms with van der Waals surface area (Å²) in [5, 5.41) is 129. The predicted octanol–water partition coefficient (Wildman–Crippen LogP) is -19.1. The first kappa shape index (κ1) is 92.6. The molecule has 0 atom stereocenters. The second kappa shape index (κ2) is 84.5. The van der Waals surface area contributed by atoms with Crippen molar-refractivity contribution in [3.8, 4) is 0 Å². The van der Waals surface area contributed by atoms with Gasteiger partial charge in [-0.05, 0) is 0 Å². The summed E-state index contributed by atoms with van der Waals surface area (Å²) in [6, 6.07) is 0. The topological polar surface area (TPSA) is 553 Å². The van der Waals surface area contributed by atoms with Gasteiger partial charge >= 0.3 is 119 Å². The van der Waals surface area contributed by atoms with Crippen LogP contribution >= 0.6 is 0 Å². The summed E-state index contributed by atoms with van der Waals surface area (Å²) < 4.78 is 0. The Morgan fingerprint density at radius 1 is 0.188 bits per heavy atom. The SMILES string of the molecule is O.O.O.O.O.O.OB(O)O.OB(O)O.OB(O)O.OB(O)O.OB(O)O.OB(O)O.[CaH2].[CaH2]. The molecule has 0 spiro atoms. The fourth-order valence-electron chi connectivity index (χ4n) is 0. The molecule has 0 radical (unpaired) electrons. The second-order valence-electron chi connectivity index (χ2n) is 2.08.